The van der Waals surface area contributed by atoms with Crippen molar-refractivity contribution in [3.8, 4) is 11.4 Å². The lowest BCUT2D eigenvalue weighted by molar-refractivity contribution is -0.119. The van der Waals surface area contributed by atoms with Gasteiger partial charge < -0.3 is 21.5 Å². The number of sulfonamides is 1. The average molecular weight is 486 g/mol. The molecule has 3 rings (SSSR count). The van der Waals surface area contributed by atoms with Crippen LogP contribution in [0.2, 0.25) is 0 Å². The van der Waals surface area contributed by atoms with Crippen LogP contribution in [-0.4, -0.2) is 72.3 Å². The third-order valence-corrected chi connectivity index (χ3v) is 7.16. The smallest absolute Gasteiger partial charge is 0.240 e. The maximum Gasteiger partial charge on any atom is 0.240 e. The van der Waals surface area contributed by atoms with Crippen LogP contribution in [0.25, 0.3) is 11.4 Å². The number of benzene rings is 1. The maximum atomic E-state index is 12.6. The van der Waals surface area contributed by atoms with E-state index < -0.39 is 16.1 Å². The molecule has 176 valence electrons. The molecule has 32 heavy (non-hydrogen) atoms. The lowest BCUT2D eigenvalue weighted by atomic mass is 9.92. The average Bonchev–Trinajstić information content (AvgIpc) is 3.27. The molecular weight excluding hydrogens is 458 g/mol. The van der Waals surface area contributed by atoms with E-state index in [4.69, 9.17) is 16.6 Å². The van der Waals surface area contributed by atoms with E-state index in [1.54, 1.807) is 12.1 Å². The summed E-state index contributed by atoms with van der Waals surface area (Å²) in [5, 5.41) is 29.1. The van der Waals surface area contributed by atoms with Crippen molar-refractivity contribution in [2.24, 2.45) is 22.5 Å². The number of rotatable bonds is 10. The molecule has 0 spiro atoms. The number of carbonyl (C=O) groups is 1. The number of aromatic amines is 1. The fourth-order valence-electron chi connectivity index (χ4n) is 3.62. The van der Waals surface area contributed by atoms with Crippen molar-refractivity contribution in [3.05, 3.63) is 12.1 Å². The lowest BCUT2D eigenvalue weighted by Gasteiger charge is -2.34. The number of piperidine rings is 1. The first-order valence-corrected chi connectivity index (χ1v) is 12.3. The molecule has 1 amide bonds. The molecule has 0 radical (unpaired) electrons. The van der Waals surface area contributed by atoms with Gasteiger partial charge in [0, 0.05) is 43.2 Å². The normalized spacial score (nSPS) is 16.3. The Morgan fingerprint density at radius 3 is 2.66 bits per heavy atom. The maximum absolute atomic E-state index is 12.6. The van der Waals surface area contributed by atoms with E-state index in [1.807, 2.05) is 4.90 Å². The number of carbonyl (C=O) groups excluding carboxylic acids is 1. The molecule has 0 unspecified atom stereocenters. The Hall–Kier alpha value is -2.30. The molecule has 2 heterocycles. The third-order valence-electron chi connectivity index (χ3n) is 5.17. The van der Waals surface area contributed by atoms with Gasteiger partial charge in [-0.05, 0) is 48.1 Å². The first-order chi connectivity index (χ1) is 15.2. The molecule has 1 aromatic carbocycles. The van der Waals surface area contributed by atoms with Gasteiger partial charge >= 0.3 is 0 Å². The molecule has 1 aromatic heterocycles. The van der Waals surface area contributed by atoms with Gasteiger partial charge in [0.15, 0.2) is 0 Å². The molecule has 0 saturated carbocycles. The van der Waals surface area contributed by atoms with Crippen molar-refractivity contribution in [1.82, 2.24) is 25.3 Å². The number of primary sulfonamides is 1. The van der Waals surface area contributed by atoms with Crippen molar-refractivity contribution in [2.75, 3.05) is 31.1 Å². The number of aromatic nitrogens is 4. The Labute approximate surface area is 189 Å². The van der Waals surface area contributed by atoms with Crippen molar-refractivity contribution in [1.29, 1.82) is 0 Å². The topological polar surface area (TPSA) is 219 Å². The highest BCUT2D eigenvalue weighted by Crippen LogP contribution is 2.40. The van der Waals surface area contributed by atoms with Gasteiger partial charge in [-0.15, -0.1) is 10.2 Å². The van der Waals surface area contributed by atoms with E-state index in [1.165, 1.54) is 0 Å². The Balaban J connectivity index is 1.99. The fourth-order valence-corrected chi connectivity index (χ4v) is 5.69. The molecular formula is C17H27N9O4S2. The number of hydrogen-bond acceptors (Lipinski definition) is 11. The molecule has 9 N–H and O–H groups in total. The third kappa shape index (κ3) is 5.93. The number of amides is 1. The van der Waals surface area contributed by atoms with Gasteiger partial charge in [-0.25, -0.2) is 13.6 Å². The Bertz CT molecular complexity index is 1020. The number of H-pyrrole nitrogens is 1. The van der Waals surface area contributed by atoms with Gasteiger partial charge in [-0.1, -0.05) is 0 Å². The van der Waals surface area contributed by atoms with E-state index in [2.05, 4.69) is 25.3 Å². The van der Waals surface area contributed by atoms with Crippen LogP contribution >= 0.6 is 11.9 Å². The van der Waals surface area contributed by atoms with Crippen LogP contribution < -0.4 is 26.2 Å². The Morgan fingerprint density at radius 2 is 2.09 bits per heavy atom. The molecule has 1 saturated heterocycles. The van der Waals surface area contributed by atoms with Gasteiger partial charge in [0.2, 0.25) is 21.8 Å². The summed E-state index contributed by atoms with van der Waals surface area (Å²) >= 11 is 1.01. The van der Waals surface area contributed by atoms with Crippen molar-refractivity contribution >= 4 is 33.6 Å². The summed E-state index contributed by atoms with van der Waals surface area (Å²) in [7, 11) is -4.19. The van der Waals surface area contributed by atoms with E-state index in [-0.39, 0.29) is 41.2 Å². The Kier molecular flexibility index (Phi) is 8.02. The van der Waals surface area contributed by atoms with Crippen LogP contribution in [0.3, 0.4) is 0 Å². The molecule has 1 aliphatic rings. The SMILES string of the molecule is NC[C@@H](O)CNSc1ccc(N2CCC(CC(N)=O)CC2)c(-c2nn[nH]n2)c1S(N)(=O)=O. The quantitative estimate of drug-likeness (QED) is 0.213. The highest BCUT2D eigenvalue weighted by atomic mass is 32.2. The van der Waals surface area contributed by atoms with Crippen molar-refractivity contribution < 1.29 is 18.3 Å². The minimum atomic E-state index is -4.19. The second-order valence-electron chi connectivity index (χ2n) is 7.51. The van der Waals surface area contributed by atoms with Crippen LogP contribution in [0.15, 0.2) is 21.9 Å². The number of hydrogen-bond donors (Lipinski definition) is 6. The minimum Gasteiger partial charge on any atom is -0.390 e. The summed E-state index contributed by atoms with van der Waals surface area (Å²) in [4.78, 5) is 13.4. The zero-order chi connectivity index (χ0) is 23.3. The second kappa shape index (κ2) is 10.5. The highest BCUT2D eigenvalue weighted by molar-refractivity contribution is 7.98. The zero-order valence-electron chi connectivity index (χ0n) is 17.3. The summed E-state index contributed by atoms with van der Waals surface area (Å²) < 4.78 is 28.2. The minimum absolute atomic E-state index is 0.0638. The van der Waals surface area contributed by atoms with E-state index in [0.29, 0.717) is 30.1 Å². The van der Waals surface area contributed by atoms with E-state index >= 15 is 0 Å². The van der Waals surface area contributed by atoms with Gasteiger partial charge in [0.1, 0.15) is 4.90 Å². The monoisotopic (exact) mass is 485 g/mol. The molecule has 1 fully saturated rings. The van der Waals surface area contributed by atoms with Crippen LogP contribution in [0.1, 0.15) is 19.3 Å². The van der Waals surface area contributed by atoms with Crippen molar-refractivity contribution in [3.63, 3.8) is 0 Å². The van der Waals surface area contributed by atoms with Gasteiger partial charge in [0.05, 0.1) is 11.7 Å². The van der Waals surface area contributed by atoms with Gasteiger partial charge in [0.25, 0.3) is 0 Å². The first-order valence-electron chi connectivity index (χ1n) is 9.95. The van der Waals surface area contributed by atoms with E-state index in [9.17, 15) is 18.3 Å². The predicted octanol–water partition coefficient (Wildman–Crippen LogP) is -1.48. The first kappa shape index (κ1) is 24.3. The van der Waals surface area contributed by atoms with Crippen LogP contribution in [0.5, 0.6) is 0 Å². The van der Waals surface area contributed by atoms with Crippen LogP contribution in [0.4, 0.5) is 5.69 Å². The standard InChI is InChI=1S/C17H27N9O4S2/c18-8-11(27)9-21-31-13-2-1-12(26-5-3-10(4-6-26)7-14(19)28)15(16(13)32(20,29)30)17-22-24-25-23-17/h1-2,10-11,21,27H,3-9,18H2,(H2,19,28)(H2,20,29,30)(H,22,23,24,25)/t11-/m1/s1. The Morgan fingerprint density at radius 1 is 1.38 bits per heavy atom. The molecule has 13 nitrogen and oxygen atoms in total. The van der Waals surface area contributed by atoms with Crippen LogP contribution in [-0.2, 0) is 14.8 Å². The summed E-state index contributed by atoms with van der Waals surface area (Å²) in [6.45, 7) is 1.41. The molecule has 0 aliphatic carbocycles. The van der Waals surface area contributed by atoms with Gasteiger partial charge in [-0.2, -0.15) is 5.21 Å². The van der Waals surface area contributed by atoms with Crippen LogP contribution in [0, 0.1) is 5.92 Å². The number of primary amides is 1. The van der Waals surface area contributed by atoms with E-state index in [0.717, 1.165) is 24.8 Å². The van der Waals surface area contributed by atoms with Gasteiger partial charge in [-0.3, -0.25) is 9.52 Å². The zero-order valence-corrected chi connectivity index (χ0v) is 18.9. The summed E-state index contributed by atoms with van der Waals surface area (Å²) in [6, 6.07) is 3.42. The number of nitrogens with zero attached hydrogens (tertiary/aromatic N) is 4. The number of nitrogens with two attached hydrogens (primary N) is 3. The molecule has 2 aromatic rings. The van der Waals surface area contributed by atoms with Crippen molar-refractivity contribution in [2.45, 2.75) is 35.2 Å². The molecule has 1 atom stereocenters. The summed E-state index contributed by atoms with van der Waals surface area (Å²) in [5.74, 6) is -0.0584. The molecule has 1 aliphatic heterocycles. The second-order valence-corrected chi connectivity index (χ2v) is 9.94. The summed E-state index contributed by atoms with van der Waals surface area (Å²) in [5.41, 5.74) is 11.6. The summed E-state index contributed by atoms with van der Waals surface area (Å²) in [6.07, 6.45) is 1.00. The number of aliphatic hydroxyl groups excluding tert-OH is 1. The predicted molar refractivity (Wildman–Crippen MR) is 119 cm³/mol. The number of nitrogens with one attached hydrogen (secondary N) is 2. The highest BCUT2D eigenvalue weighted by Gasteiger charge is 2.30. The number of anilines is 1. The molecule has 0 bridgehead atoms. The lowest BCUT2D eigenvalue weighted by Crippen LogP contribution is -2.35. The largest absolute Gasteiger partial charge is 0.390 e. The molecule has 15 heteroatoms. The number of tetrazole rings is 1. The fraction of sp³-hybridized carbons (Fsp3) is 0.529. The number of aliphatic hydroxyl groups is 1.